The second kappa shape index (κ2) is 4.27. The van der Waals surface area contributed by atoms with Gasteiger partial charge < -0.3 is 15.9 Å². The van der Waals surface area contributed by atoms with Crippen LogP contribution in [0.15, 0.2) is 28.7 Å². The maximum atomic E-state index is 5.99. The molecule has 0 saturated heterocycles. The molecule has 0 fully saturated rings. The van der Waals surface area contributed by atoms with Gasteiger partial charge in [-0.3, -0.25) is 0 Å². The van der Waals surface area contributed by atoms with Gasteiger partial charge >= 0.3 is 0 Å². The number of nitrogen functional groups attached to an aromatic ring is 2. The second-order valence-electron chi connectivity index (χ2n) is 5.18. The van der Waals surface area contributed by atoms with Gasteiger partial charge in [0.2, 0.25) is 5.89 Å². The van der Waals surface area contributed by atoms with Gasteiger partial charge in [-0.15, -0.1) is 0 Å². The predicted molar refractivity (Wildman–Crippen MR) is 82.5 cm³/mol. The molecule has 4 nitrogen and oxygen atoms in total. The first-order valence-corrected chi connectivity index (χ1v) is 6.50. The number of hydrogen-bond acceptors (Lipinski definition) is 4. The van der Waals surface area contributed by atoms with Gasteiger partial charge in [-0.2, -0.15) is 0 Å². The molecule has 0 bridgehead atoms. The molecule has 0 spiro atoms. The molecule has 1 aromatic heterocycles. The fourth-order valence-electron chi connectivity index (χ4n) is 2.43. The molecule has 20 heavy (non-hydrogen) atoms. The first kappa shape index (κ1) is 12.5. The molecule has 0 aliphatic carbocycles. The van der Waals surface area contributed by atoms with E-state index >= 15 is 0 Å². The highest BCUT2D eigenvalue weighted by molar-refractivity contribution is 5.87. The Hall–Kier alpha value is -2.49. The maximum Gasteiger partial charge on any atom is 0.227 e. The highest BCUT2D eigenvalue weighted by Crippen LogP contribution is 2.32. The Balaban J connectivity index is 2.28. The summed E-state index contributed by atoms with van der Waals surface area (Å²) in [5.41, 5.74) is 18.8. The van der Waals surface area contributed by atoms with E-state index in [4.69, 9.17) is 15.9 Å². The van der Waals surface area contributed by atoms with Gasteiger partial charge in [-0.05, 0) is 56.2 Å². The van der Waals surface area contributed by atoms with Crippen molar-refractivity contribution in [3.63, 3.8) is 0 Å². The van der Waals surface area contributed by atoms with Crippen molar-refractivity contribution in [1.29, 1.82) is 0 Å². The fourth-order valence-corrected chi connectivity index (χ4v) is 2.43. The maximum absolute atomic E-state index is 5.99. The number of oxazole rings is 1. The van der Waals surface area contributed by atoms with Gasteiger partial charge in [0.1, 0.15) is 5.52 Å². The molecule has 0 radical (unpaired) electrons. The van der Waals surface area contributed by atoms with Crippen LogP contribution >= 0.6 is 0 Å². The number of nitrogens with zero attached hydrogens (tertiary/aromatic N) is 1. The largest absolute Gasteiger partial charge is 0.436 e. The molecular formula is C16H17N3O. The van der Waals surface area contributed by atoms with Crippen molar-refractivity contribution in [1.82, 2.24) is 4.98 Å². The Morgan fingerprint density at radius 3 is 2.45 bits per heavy atom. The van der Waals surface area contributed by atoms with Crippen LogP contribution in [0.1, 0.15) is 16.7 Å². The molecule has 0 amide bonds. The molecule has 0 aliphatic rings. The number of hydrogen-bond donors (Lipinski definition) is 2. The van der Waals surface area contributed by atoms with Crippen LogP contribution in [-0.4, -0.2) is 4.98 Å². The van der Waals surface area contributed by atoms with Crippen LogP contribution in [0.5, 0.6) is 0 Å². The molecule has 3 rings (SSSR count). The number of rotatable bonds is 1. The average Bonchev–Trinajstić information content (AvgIpc) is 2.81. The SMILES string of the molecule is Cc1cc(N)ccc1-c1nc2c(C)c(N)cc(C)c2o1. The van der Waals surface area contributed by atoms with Crippen molar-refractivity contribution in [2.45, 2.75) is 20.8 Å². The number of anilines is 2. The normalized spacial score (nSPS) is 11.2. The third-order valence-electron chi connectivity index (χ3n) is 3.63. The third kappa shape index (κ3) is 1.81. The minimum atomic E-state index is 0.606. The monoisotopic (exact) mass is 267 g/mol. The summed E-state index contributed by atoms with van der Waals surface area (Å²) in [5.74, 6) is 0.606. The van der Waals surface area contributed by atoms with Crippen LogP contribution in [0.4, 0.5) is 11.4 Å². The van der Waals surface area contributed by atoms with Gasteiger partial charge in [-0.1, -0.05) is 0 Å². The molecule has 4 heteroatoms. The Kier molecular flexibility index (Phi) is 2.67. The zero-order valence-corrected chi connectivity index (χ0v) is 11.8. The van der Waals surface area contributed by atoms with Crippen molar-refractivity contribution in [2.24, 2.45) is 0 Å². The Morgan fingerprint density at radius 2 is 1.75 bits per heavy atom. The quantitative estimate of drug-likeness (QED) is 0.660. The summed E-state index contributed by atoms with van der Waals surface area (Å²) < 4.78 is 5.93. The Labute approximate surface area is 117 Å². The summed E-state index contributed by atoms with van der Waals surface area (Å²) in [4.78, 5) is 4.61. The van der Waals surface area contributed by atoms with E-state index in [1.165, 1.54) is 0 Å². The minimum Gasteiger partial charge on any atom is -0.436 e. The van der Waals surface area contributed by atoms with Gasteiger partial charge in [0.15, 0.2) is 5.58 Å². The first-order valence-electron chi connectivity index (χ1n) is 6.50. The summed E-state index contributed by atoms with van der Waals surface area (Å²) in [6, 6.07) is 7.62. The molecule has 102 valence electrons. The zero-order valence-electron chi connectivity index (χ0n) is 11.8. The average molecular weight is 267 g/mol. The summed E-state index contributed by atoms with van der Waals surface area (Å²) in [7, 11) is 0. The van der Waals surface area contributed by atoms with Crippen molar-refractivity contribution >= 4 is 22.5 Å². The van der Waals surface area contributed by atoms with Crippen LogP contribution in [0, 0.1) is 20.8 Å². The van der Waals surface area contributed by atoms with E-state index in [-0.39, 0.29) is 0 Å². The lowest BCUT2D eigenvalue weighted by molar-refractivity contribution is 0.617. The minimum absolute atomic E-state index is 0.606. The molecule has 2 aromatic carbocycles. The van der Waals surface area contributed by atoms with Crippen LogP contribution in [0.3, 0.4) is 0 Å². The van der Waals surface area contributed by atoms with E-state index in [0.29, 0.717) is 5.89 Å². The molecule has 3 aromatic rings. The second-order valence-corrected chi connectivity index (χ2v) is 5.18. The molecule has 0 aliphatic heterocycles. The lowest BCUT2D eigenvalue weighted by Crippen LogP contribution is -1.92. The molecular weight excluding hydrogens is 250 g/mol. The molecule has 0 atom stereocenters. The summed E-state index contributed by atoms with van der Waals surface area (Å²) in [6.45, 7) is 5.93. The van der Waals surface area contributed by atoms with Crippen LogP contribution in [-0.2, 0) is 0 Å². The molecule has 4 N–H and O–H groups in total. The van der Waals surface area contributed by atoms with E-state index < -0.39 is 0 Å². The van der Waals surface area contributed by atoms with Gasteiger partial charge in [0.25, 0.3) is 0 Å². The van der Waals surface area contributed by atoms with Gasteiger partial charge in [0.05, 0.1) is 0 Å². The summed E-state index contributed by atoms with van der Waals surface area (Å²) in [5, 5.41) is 0. The highest BCUT2D eigenvalue weighted by Gasteiger charge is 2.15. The predicted octanol–water partition coefficient (Wildman–Crippen LogP) is 3.58. The summed E-state index contributed by atoms with van der Waals surface area (Å²) in [6.07, 6.45) is 0. The Morgan fingerprint density at radius 1 is 1.00 bits per heavy atom. The number of nitrogens with two attached hydrogens (primary N) is 2. The van der Waals surface area contributed by atoms with Crippen LogP contribution in [0.2, 0.25) is 0 Å². The van der Waals surface area contributed by atoms with Gasteiger partial charge in [0, 0.05) is 22.5 Å². The van der Waals surface area contributed by atoms with E-state index in [9.17, 15) is 0 Å². The molecule has 0 unspecified atom stereocenters. The lowest BCUT2D eigenvalue weighted by atomic mass is 10.1. The highest BCUT2D eigenvalue weighted by atomic mass is 16.3. The zero-order chi connectivity index (χ0) is 14.4. The van der Waals surface area contributed by atoms with E-state index in [1.807, 2.05) is 45.0 Å². The summed E-state index contributed by atoms with van der Waals surface area (Å²) >= 11 is 0. The number of aryl methyl sites for hydroxylation is 3. The van der Waals surface area contributed by atoms with E-state index in [1.54, 1.807) is 0 Å². The van der Waals surface area contributed by atoms with Crippen LogP contribution < -0.4 is 11.5 Å². The topological polar surface area (TPSA) is 78.1 Å². The van der Waals surface area contributed by atoms with E-state index in [2.05, 4.69) is 4.98 Å². The molecule has 0 saturated carbocycles. The van der Waals surface area contributed by atoms with Crippen molar-refractivity contribution in [2.75, 3.05) is 11.5 Å². The number of fused-ring (bicyclic) bond motifs is 1. The fraction of sp³-hybridized carbons (Fsp3) is 0.188. The van der Waals surface area contributed by atoms with Crippen molar-refractivity contribution in [3.05, 3.63) is 41.0 Å². The van der Waals surface area contributed by atoms with Gasteiger partial charge in [-0.25, -0.2) is 4.98 Å². The van der Waals surface area contributed by atoms with E-state index in [0.717, 1.165) is 44.7 Å². The van der Waals surface area contributed by atoms with Crippen molar-refractivity contribution < 1.29 is 4.42 Å². The molecule has 1 heterocycles. The number of aromatic nitrogens is 1. The smallest absolute Gasteiger partial charge is 0.227 e. The number of benzene rings is 2. The third-order valence-corrected chi connectivity index (χ3v) is 3.63. The van der Waals surface area contributed by atoms with Crippen LogP contribution in [0.25, 0.3) is 22.6 Å². The first-order chi connectivity index (χ1) is 9.47. The van der Waals surface area contributed by atoms with Crippen molar-refractivity contribution in [3.8, 4) is 11.5 Å². The lowest BCUT2D eigenvalue weighted by Gasteiger charge is -2.02. The standard InChI is InChI=1S/C16H17N3O/c1-8-6-11(17)4-5-12(8)16-19-14-10(3)13(18)7-9(2)15(14)20-16/h4-7H,17-18H2,1-3H3. The Bertz CT molecular complexity index is 818.